The van der Waals surface area contributed by atoms with E-state index in [-0.39, 0.29) is 24.1 Å². The van der Waals surface area contributed by atoms with Gasteiger partial charge in [-0.2, -0.15) is 10.2 Å². The summed E-state index contributed by atoms with van der Waals surface area (Å²) in [6.07, 6.45) is 4.86. The number of rotatable bonds is 6. The number of fused-ring (bicyclic) bond motifs is 1. The minimum atomic E-state index is -0.693. The summed E-state index contributed by atoms with van der Waals surface area (Å²) in [5.41, 5.74) is 0.148. The van der Waals surface area contributed by atoms with Crippen LogP contribution in [0.25, 0.3) is 0 Å². The van der Waals surface area contributed by atoms with Crippen LogP contribution in [0.1, 0.15) is 86.9 Å². The number of piperidine rings is 1. The number of thiophene rings is 1. The van der Waals surface area contributed by atoms with Crippen molar-refractivity contribution in [3.63, 3.8) is 0 Å². The number of ketones is 1. The zero-order chi connectivity index (χ0) is 35.5. The Balaban J connectivity index is 1.41. The second-order valence-electron chi connectivity index (χ2n) is 14.6. The lowest BCUT2D eigenvalue weighted by Gasteiger charge is -2.39. The summed E-state index contributed by atoms with van der Waals surface area (Å²) in [4.78, 5) is 49.3. The maximum Gasteiger partial charge on any atom is 0.410 e. The van der Waals surface area contributed by atoms with E-state index >= 15 is 0 Å². The predicted octanol–water partition coefficient (Wildman–Crippen LogP) is 5.03. The summed E-state index contributed by atoms with van der Waals surface area (Å²) in [5, 5.41) is 10.8. The molecule has 49 heavy (non-hydrogen) atoms. The van der Waals surface area contributed by atoms with E-state index in [1.807, 2.05) is 46.7 Å². The topological polar surface area (TPSA) is 127 Å². The Morgan fingerprint density at radius 3 is 2.57 bits per heavy atom. The molecule has 2 fully saturated rings. The quantitative estimate of drug-likeness (QED) is 0.134. The molecule has 0 radical (unpaired) electrons. The van der Waals surface area contributed by atoms with E-state index in [9.17, 15) is 14.9 Å². The lowest BCUT2D eigenvalue weighted by atomic mass is 9.73. The zero-order valence-electron chi connectivity index (χ0n) is 30.0. The number of anilines is 1. The van der Waals surface area contributed by atoms with Gasteiger partial charge in [0.25, 0.3) is 5.78 Å². The first-order chi connectivity index (χ1) is 23.2. The standard InChI is InChI=1S/C36H48N8O4S/c1-24-22-42(8)18-19-44(24)29-20-30(47-25-12-16-43(17-13-25)34(46)48-35(2,3)4)40-32(39-29)27(45)11-15-36(5)14-9-10-28-31(36)26(21-37)33(49-28)38-23-41(6)7/h20,23-25H,9-10,12-14,16-19,22H2,1-8H3/t24-,36?/m0/s1. The first-order valence-electron chi connectivity index (χ1n) is 17.0. The van der Waals surface area contributed by atoms with Crippen LogP contribution in [-0.4, -0.2) is 114 Å². The van der Waals surface area contributed by atoms with Gasteiger partial charge in [0.15, 0.2) is 0 Å². The summed E-state index contributed by atoms with van der Waals surface area (Å²) >= 11 is 1.52. The molecule has 2 aromatic rings. The molecule has 1 unspecified atom stereocenters. The fourth-order valence-electron chi connectivity index (χ4n) is 6.55. The predicted molar refractivity (Wildman–Crippen MR) is 191 cm³/mol. The van der Waals surface area contributed by atoms with Gasteiger partial charge >= 0.3 is 6.09 Å². The van der Waals surface area contributed by atoms with Crippen LogP contribution in [0.4, 0.5) is 15.6 Å². The Bertz CT molecular complexity index is 1690. The number of nitrogens with zero attached hydrogens (tertiary/aromatic N) is 8. The molecule has 2 saturated heterocycles. The molecule has 4 heterocycles. The number of nitriles is 1. The number of hydrogen-bond acceptors (Lipinski definition) is 11. The molecule has 12 nitrogen and oxygen atoms in total. The Morgan fingerprint density at radius 1 is 1.18 bits per heavy atom. The minimum Gasteiger partial charge on any atom is -0.474 e. The van der Waals surface area contributed by atoms with E-state index in [0.29, 0.717) is 48.2 Å². The number of piperazine rings is 1. The molecule has 2 atom stereocenters. The van der Waals surface area contributed by atoms with Crippen LogP contribution >= 0.6 is 11.3 Å². The van der Waals surface area contributed by atoms with Gasteiger partial charge in [-0.05, 0) is 66.8 Å². The Morgan fingerprint density at radius 2 is 1.92 bits per heavy atom. The number of ether oxygens (including phenoxy) is 2. The molecular weight excluding hydrogens is 641 g/mol. The van der Waals surface area contributed by atoms with Gasteiger partial charge in [0.2, 0.25) is 11.7 Å². The van der Waals surface area contributed by atoms with E-state index in [0.717, 1.165) is 49.3 Å². The third kappa shape index (κ3) is 8.70. The smallest absolute Gasteiger partial charge is 0.410 e. The van der Waals surface area contributed by atoms with Crippen LogP contribution in [-0.2, 0) is 16.6 Å². The van der Waals surface area contributed by atoms with E-state index < -0.39 is 16.8 Å². The van der Waals surface area contributed by atoms with Crippen LogP contribution in [0.2, 0.25) is 0 Å². The fraction of sp³-hybridized carbons (Fsp3) is 0.611. The lowest BCUT2D eigenvalue weighted by molar-refractivity contribution is 0.0122. The molecule has 2 aromatic heterocycles. The van der Waals surface area contributed by atoms with Crippen molar-refractivity contribution in [2.45, 2.75) is 89.9 Å². The van der Waals surface area contributed by atoms with Crippen LogP contribution in [0, 0.1) is 23.2 Å². The van der Waals surface area contributed by atoms with Crippen molar-refractivity contribution in [2.75, 3.05) is 58.8 Å². The largest absolute Gasteiger partial charge is 0.474 e. The summed E-state index contributed by atoms with van der Waals surface area (Å²) in [6.45, 7) is 13.2. The molecule has 13 heteroatoms. The Kier molecular flexibility index (Phi) is 10.9. The number of carbonyl (C=O) groups excluding carboxylic acids is 2. The highest BCUT2D eigenvalue weighted by Crippen LogP contribution is 2.47. The second-order valence-corrected chi connectivity index (χ2v) is 15.7. The number of likely N-dealkylation sites (N-methyl/N-ethyl adjacent to an activating group) is 1. The summed E-state index contributed by atoms with van der Waals surface area (Å²) in [5.74, 6) is 6.55. The van der Waals surface area contributed by atoms with Crippen LogP contribution in [0.5, 0.6) is 5.88 Å². The molecule has 0 bridgehead atoms. The van der Waals surface area contributed by atoms with Gasteiger partial charge in [-0.3, -0.25) is 4.79 Å². The third-order valence-corrected chi connectivity index (χ3v) is 10.1. The van der Waals surface area contributed by atoms with Gasteiger partial charge in [0.1, 0.15) is 28.6 Å². The van der Waals surface area contributed by atoms with Crippen molar-refractivity contribution in [1.82, 2.24) is 24.7 Å². The molecule has 0 saturated carbocycles. The molecular formula is C36H48N8O4S. The molecule has 0 aromatic carbocycles. The number of likely N-dealkylation sites (tertiary alicyclic amines) is 1. The van der Waals surface area contributed by atoms with E-state index in [1.54, 1.807) is 17.3 Å². The highest BCUT2D eigenvalue weighted by molar-refractivity contribution is 7.16. The van der Waals surface area contributed by atoms with Crippen molar-refractivity contribution in [3.8, 4) is 23.8 Å². The first kappa shape index (κ1) is 36.1. The molecule has 1 amide bonds. The molecule has 262 valence electrons. The molecule has 5 rings (SSSR count). The van der Waals surface area contributed by atoms with Gasteiger partial charge in [-0.1, -0.05) is 5.92 Å². The first-order valence-corrected chi connectivity index (χ1v) is 17.8. The summed E-state index contributed by atoms with van der Waals surface area (Å²) in [7, 11) is 5.87. The van der Waals surface area contributed by atoms with E-state index in [4.69, 9.17) is 14.5 Å². The third-order valence-electron chi connectivity index (χ3n) is 8.96. The number of amides is 1. The van der Waals surface area contributed by atoms with Crippen LogP contribution in [0.15, 0.2) is 11.1 Å². The van der Waals surface area contributed by atoms with Gasteiger partial charge in [-0.15, -0.1) is 11.3 Å². The average Bonchev–Trinajstić information content (AvgIpc) is 3.41. The van der Waals surface area contributed by atoms with E-state index in [1.165, 1.54) is 11.3 Å². The van der Waals surface area contributed by atoms with Crippen molar-refractivity contribution in [1.29, 1.82) is 5.26 Å². The van der Waals surface area contributed by atoms with Gasteiger partial charge < -0.3 is 29.1 Å². The molecule has 3 aliphatic rings. The van der Waals surface area contributed by atoms with Crippen molar-refractivity contribution in [3.05, 3.63) is 27.9 Å². The number of aromatic nitrogens is 2. The van der Waals surface area contributed by atoms with Crippen LogP contribution < -0.4 is 9.64 Å². The summed E-state index contributed by atoms with van der Waals surface area (Å²) < 4.78 is 11.9. The molecule has 2 aliphatic heterocycles. The SMILES string of the molecule is C[C@H]1CN(C)CCN1c1cc(OC2CCN(C(=O)OC(C)(C)C)CC2)nc(C(=O)C#CC2(C)CCCc3sc(N=CN(C)C)c(C#N)c32)n1. The maximum absolute atomic E-state index is 13.8. The van der Waals surface area contributed by atoms with Gasteiger partial charge in [0, 0.05) is 82.2 Å². The second kappa shape index (κ2) is 14.7. The number of aryl methyl sites for hydroxylation is 1. The normalized spacial score (nSPS) is 21.8. The Hall–Kier alpha value is -4.20. The van der Waals surface area contributed by atoms with E-state index in [2.05, 4.69) is 51.7 Å². The lowest BCUT2D eigenvalue weighted by Crippen LogP contribution is -2.51. The highest BCUT2D eigenvalue weighted by Gasteiger charge is 2.37. The van der Waals surface area contributed by atoms with Crippen molar-refractivity contribution in [2.24, 2.45) is 4.99 Å². The number of hydrogen-bond donors (Lipinski definition) is 0. The number of Topliss-reactive ketones (excluding diaryl/α,β-unsaturated/α-hetero) is 1. The monoisotopic (exact) mass is 688 g/mol. The van der Waals surface area contributed by atoms with Gasteiger partial charge in [0.05, 0.1) is 17.3 Å². The number of aliphatic imine (C=N–C) groups is 1. The molecule has 0 N–H and O–H groups in total. The zero-order valence-corrected chi connectivity index (χ0v) is 30.8. The van der Waals surface area contributed by atoms with Gasteiger partial charge in [-0.25, -0.2) is 14.8 Å². The maximum atomic E-state index is 13.8. The number of carbonyl (C=O) groups is 2. The Labute approximate surface area is 294 Å². The van der Waals surface area contributed by atoms with Crippen LogP contribution in [0.3, 0.4) is 0 Å². The summed E-state index contributed by atoms with van der Waals surface area (Å²) in [6, 6.07) is 4.34. The molecule has 1 aliphatic carbocycles. The molecule has 0 spiro atoms. The van der Waals surface area contributed by atoms with Crippen molar-refractivity contribution < 1.29 is 19.1 Å². The fourth-order valence-corrected chi connectivity index (χ4v) is 7.80. The van der Waals surface area contributed by atoms with Crippen molar-refractivity contribution >= 4 is 40.4 Å². The highest BCUT2D eigenvalue weighted by atomic mass is 32.1. The minimum absolute atomic E-state index is 0.0148. The average molecular weight is 689 g/mol.